The quantitative estimate of drug-likeness (QED) is 0.435. The van der Waals surface area contributed by atoms with Crippen molar-refractivity contribution >= 4 is 12.6 Å². The zero-order chi connectivity index (χ0) is 20.1. The Kier molecular flexibility index (Phi) is 6.61. The molecule has 1 heterocycles. The van der Waals surface area contributed by atoms with E-state index < -0.39 is 11.4 Å². The van der Waals surface area contributed by atoms with E-state index in [4.69, 9.17) is 14.6 Å². The number of hydrogen-bond donors (Lipinski definition) is 4. The maximum Gasteiger partial charge on any atom is 0.137 e. The Bertz CT molecular complexity index is 829. The molecule has 6 nitrogen and oxygen atoms in total. The fraction of sp³-hybridized carbons (Fsp3) is 0.286. The summed E-state index contributed by atoms with van der Waals surface area (Å²) in [5.74, 6) is 1.92. The highest BCUT2D eigenvalue weighted by Gasteiger charge is 2.23. The number of nitrogens with one attached hydrogen (secondary N) is 1. The summed E-state index contributed by atoms with van der Waals surface area (Å²) >= 11 is 4.38. The summed E-state index contributed by atoms with van der Waals surface area (Å²) in [4.78, 5) is 7.89. The Morgan fingerprint density at radius 1 is 0.964 bits per heavy atom. The van der Waals surface area contributed by atoms with E-state index in [1.165, 1.54) is 0 Å². The fourth-order valence-corrected chi connectivity index (χ4v) is 3.19. The van der Waals surface area contributed by atoms with E-state index in [-0.39, 0.29) is 6.61 Å². The van der Waals surface area contributed by atoms with Gasteiger partial charge >= 0.3 is 0 Å². The van der Waals surface area contributed by atoms with Gasteiger partial charge < -0.3 is 24.7 Å². The lowest BCUT2D eigenvalue weighted by Crippen LogP contribution is -2.15. The van der Waals surface area contributed by atoms with Gasteiger partial charge in [-0.1, -0.05) is 0 Å². The first kappa shape index (κ1) is 20.3. The lowest BCUT2D eigenvalue weighted by Gasteiger charge is -2.14. The zero-order valence-electron chi connectivity index (χ0n) is 15.8. The number of ether oxygens (including phenoxy) is 2. The molecule has 2 unspecified atom stereocenters. The lowest BCUT2D eigenvalue weighted by molar-refractivity contribution is 0.151. The molecular formula is C21H24N2O4S. The van der Waals surface area contributed by atoms with Crippen LogP contribution in [-0.2, 0) is 0 Å². The highest BCUT2D eigenvalue weighted by molar-refractivity contribution is 7.81. The van der Waals surface area contributed by atoms with Gasteiger partial charge in [0, 0.05) is 23.0 Å². The van der Waals surface area contributed by atoms with Crippen LogP contribution in [-0.4, -0.2) is 46.3 Å². The summed E-state index contributed by atoms with van der Waals surface area (Å²) in [7, 11) is 3.24. The molecule has 0 spiro atoms. The third-order valence-corrected chi connectivity index (χ3v) is 5.07. The fourth-order valence-electron chi connectivity index (χ4n) is 2.93. The van der Waals surface area contributed by atoms with Crippen LogP contribution in [0.3, 0.4) is 0 Å². The van der Waals surface area contributed by atoms with Gasteiger partial charge in [0.15, 0.2) is 0 Å². The standard InChI is InChI=1S/C21H24N2O4S/c1-26-15-7-3-13(4-8-15)18-19(14-5-9-16(27-2)10-6-14)23-21(22-18)20(25)17(28)11-12-24/h3-10,17,20,24-25,28H,11-12H2,1-2H3,(H,22,23). The first-order valence-electron chi connectivity index (χ1n) is 8.93. The second kappa shape index (κ2) is 9.14. The largest absolute Gasteiger partial charge is 0.497 e. The van der Waals surface area contributed by atoms with E-state index >= 15 is 0 Å². The molecule has 0 aliphatic carbocycles. The Morgan fingerprint density at radius 3 is 2.00 bits per heavy atom. The number of hydrogen-bond acceptors (Lipinski definition) is 6. The summed E-state index contributed by atoms with van der Waals surface area (Å²) in [6, 6.07) is 15.2. The maximum atomic E-state index is 10.6. The first-order valence-corrected chi connectivity index (χ1v) is 9.44. The number of aromatic nitrogens is 2. The van der Waals surface area contributed by atoms with Gasteiger partial charge in [-0.15, -0.1) is 0 Å². The maximum absolute atomic E-state index is 10.6. The number of benzene rings is 2. The highest BCUT2D eigenvalue weighted by Crippen LogP contribution is 2.34. The van der Waals surface area contributed by atoms with Crippen LogP contribution in [0.1, 0.15) is 18.3 Å². The average molecular weight is 401 g/mol. The predicted octanol–water partition coefficient (Wildman–Crippen LogP) is 3.48. The van der Waals surface area contributed by atoms with E-state index in [9.17, 15) is 5.11 Å². The summed E-state index contributed by atoms with van der Waals surface area (Å²) in [6.45, 7) is -0.0530. The van der Waals surface area contributed by atoms with Crippen LogP contribution < -0.4 is 9.47 Å². The molecule has 0 saturated heterocycles. The van der Waals surface area contributed by atoms with E-state index in [2.05, 4.69) is 22.6 Å². The van der Waals surface area contributed by atoms with Crippen LogP contribution in [0.4, 0.5) is 0 Å². The van der Waals surface area contributed by atoms with Gasteiger partial charge in [-0.3, -0.25) is 0 Å². The number of aliphatic hydroxyl groups excluding tert-OH is 2. The van der Waals surface area contributed by atoms with Gasteiger partial charge in [0.1, 0.15) is 23.4 Å². The number of imidazole rings is 1. The third-order valence-electron chi connectivity index (χ3n) is 4.53. The average Bonchev–Trinajstić information content (AvgIpc) is 3.19. The SMILES string of the molecule is COc1ccc(-c2nc(C(O)C(S)CCO)[nH]c2-c2ccc(OC)cc2)cc1. The van der Waals surface area contributed by atoms with E-state index in [0.717, 1.165) is 28.3 Å². The van der Waals surface area contributed by atoms with Crippen LogP contribution in [0.5, 0.6) is 11.5 Å². The summed E-state index contributed by atoms with van der Waals surface area (Å²) < 4.78 is 10.5. The van der Waals surface area contributed by atoms with Crippen LogP contribution in [0.25, 0.3) is 22.5 Å². The monoisotopic (exact) mass is 400 g/mol. The van der Waals surface area contributed by atoms with Crippen LogP contribution in [0, 0.1) is 0 Å². The Balaban J connectivity index is 2.06. The molecule has 0 saturated carbocycles. The van der Waals surface area contributed by atoms with Gasteiger partial charge in [-0.2, -0.15) is 12.6 Å². The van der Waals surface area contributed by atoms with Gasteiger partial charge in [0.2, 0.25) is 0 Å². The second-order valence-electron chi connectivity index (χ2n) is 6.33. The number of aromatic amines is 1. The summed E-state index contributed by atoms with van der Waals surface area (Å²) in [5, 5.41) is 19.3. The van der Waals surface area contributed by atoms with Gasteiger partial charge in [-0.05, 0) is 55.0 Å². The molecule has 3 rings (SSSR count). The Morgan fingerprint density at radius 2 is 1.50 bits per heavy atom. The molecule has 2 atom stereocenters. The van der Waals surface area contributed by atoms with Crippen molar-refractivity contribution in [3.05, 3.63) is 54.4 Å². The number of aliphatic hydroxyl groups is 2. The Hall–Kier alpha value is -2.48. The van der Waals surface area contributed by atoms with Gasteiger partial charge in [-0.25, -0.2) is 4.98 Å². The smallest absolute Gasteiger partial charge is 0.137 e. The van der Waals surface area contributed by atoms with Crippen molar-refractivity contribution in [2.45, 2.75) is 17.8 Å². The van der Waals surface area contributed by atoms with E-state index in [1.54, 1.807) is 14.2 Å². The lowest BCUT2D eigenvalue weighted by atomic mass is 10.0. The zero-order valence-corrected chi connectivity index (χ0v) is 16.7. The molecule has 3 aromatic rings. The number of nitrogens with zero attached hydrogens (tertiary/aromatic N) is 1. The highest BCUT2D eigenvalue weighted by atomic mass is 32.1. The van der Waals surface area contributed by atoms with Crippen LogP contribution in [0.15, 0.2) is 48.5 Å². The Labute approximate surface area is 169 Å². The normalized spacial score (nSPS) is 13.2. The van der Waals surface area contributed by atoms with Crippen LogP contribution in [0.2, 0.25) is 0 Å². The van der Waals surface area contributed by atoms with Crippen molar-refractivity contribution in [2.24, 2.45) is 0 Å². The minimum Gasteiger partial charge on any atom is -0.497 e. The summed E-state index contributed by atoms with van der Waals surface area (Å²) in [5.41, 5.74) is 3.30. The molecule has 3 N–H and O–H groups in total. The molecular weight excluding hydrogens is 376 g/mol. The van der Waals surface area contributed by atoms with Crippen molar-refractivity contribution in [1.29, 1.82) is 0 Å². The second-order valence-corrected chi connectivity index (χ2v) is 6.99. The van der Waals surface area contributed by atoms with E-state index in [1.807, 2.05) is 48.5 Å². The molecule has 0 bridgehead atoms. The topological polar surface area (TPSA) is 87.6 Å². The molecule has 148 valence electrons. The summed E-state index contributed by atoms with van der Waals surface area (Å²) in [6.07, 6.45) is -0.569. The van der Waals surface area contributed by atoms with Crippen molar-refractivity contribution in [3.63, 3.8) is 0 Å². The predicted molar refractivity (Wildman–Crippen MR) is 112 cm³/mol. The molecule has 0 radical (unpaired) electrons. The molecule has 2 aromatic carbocycles. The molecule has 0 amide bonds. The van der Waals surface area contributed by atoms with Gasteiger partial charge in [0.05, 0.1) is 25.6 Å². The third kappa shape index (κ3) is 4.32. The van der Waals surface area contributed by atoms with Gasteiger partial charge in [0.25, 0.3) is 0 Å². The van der Waals surface area contributed by atoms with Crippen LogP contribution >= 0.6 is 12.6 Å². The van der Waals surface area contributed by atoms with Crippen molar-refractivity contribution in [1.82, 2.24) is 9.97 Å². The number of thiol groups is 1. The van der Waals surface area contributed by atoms with Crippen molar-refractivity contribution < 1.29 is 19.7 Å². The van der Waals surface area contributed by atoms with Crippen molar-refractivity contribution in [2.75, 3.05) is 20.8 Å². The molecule has 28 heavy (non-hydrogen) atoms. The number of methoxy groups -OCH3 is 2. The molecule has 0 aliphatic heterocycles. The minimum absolute atomic E-state index is 0.0530. The van der Waals surface area contributed by atoms with Crippen molar-refractivity contribution in [3.8, 4) is 34.0 Å². The minimum atomic E-state index is -0.931. The molecule has 7 heteroatoms. The molecule has 0 aliphatic rings. The van der Waals surface area contributed by atoms with E-state index in [0.29, 0.717) is 17.9 Å². The first-order chi connectivity index (χ1) is 13.6. The number of H-pyrrole nitrogens is 1. The number of rotatable bonds is 8. The molecule has 0 fully saturated rings. The molecule has 1 aromatic heterocycles.